The number of amides is 2. The molecule has 1 aromatic carbocycles. The van der Waals surface area contributed by atoms with Crippen LogP contribution in [0.15, 0.2) is 24.3 Å². The highest BCUT2D eigenvalue weighted by molar-refractivity contribution is 6.33. The van der Waals surface area contributed by atoms with Crippen molar-refractivity contribution in [3.8, 4) is 0 Å². The van der Waals surface area contributed by atoms with E-state index >= 15 is 0 Å². The van der Waals surface area contributed by atoms with E-state index in [1.165, 1.54) is 11.8 Å². The normalized spacial score (nSPS) is 15.6. The fourth-order valence-corrected chi connectivity index (χ4v) is 2.63. The summed E-state index contributed by atoms with van der Waals surface area (Å²) in [5.41, 5.74) is 5.73. The van der Waals surface area contributed by atoms with Crippen LogP contribution in [0.2, 0.25) is 5.02 Å². The number of piperazine rings is 1. The number of rotatable bonds is 3. The highest BCUT2D eigenvalue weighted by Gasteiger charge is 2.23. The third kappa shape index (κ3) is 4.61. The molecular weight excluding hydrogens is 292 g/mol. The van der Waals surface area contributed by atoms with Crippen molar-refractivity contribution >= 4 is 29.1 Å². The van der Waals surface area contributed by atoms with Crippen molar-refractivity contribution in [3.63, 3.8) is 0 Å². The molecule has 1 fully saturated rings. The Kier molecular flexibility index (Phi) is 5.41. The van der Waals surface area contributed by atoms with E-state index in [-0.39, 0.29) is 11.8 Å². The molecule has 0 radical (unpaired) electrons. The summed E-state index contributed by atoms with van der Waals surface area (Å²) in [5, 5.41) is 0.754. The van der Waals surface area contributed by atoms with Gasteiger partial charge in [-0.05, 0) is 12.1 Å². The summed E-state index contributed by atoms with van der Waals surface area (Å²) in [6.45, 7) is 5.14. The molecule has 1 aliphatic rings. The van der Waals surface area contributed by atoms with Crippen molar-refractivity contribution < 1.29 is 14.5 Å². The number of halogens is 1. The molecule has 0 aromatic heterocycles. The van der Waals surface area contributed by atoms with Crippen LogP contribution in [0.5, 0.6) is 0 Å². The molecule has 0 aliphatic carbocycles. The number of carbonyl (C=O) groups excluding carboxylic acids is 2. The first kappa shape index (κ1) is 15.6. The van der Waals surface area contributed by atoms with Gasteiger partial charge in [-0.25, -0.2) is 0 Å². The second-order valence-electron chi connectivity index (χ2n) is 5.09. The van der Waals surface area contributed by atoms with E-state index in [0.29, 0.717) is 6.54 Å². The number of nitrogens with one attached hydrogen (secondary N) is 3. The van der Waals surface area contributed by atoms with Crippen LogP contribution in [0.4, 0.5) is 5.69 Å². The van der Waals surface area contributed by atoms with Crippen LogP contribution in [-0.2, 0) is 9.59 Å². The fourth-order valence-electron chi connectivity index (χ4n) is 2.38. The monoisotopic (exact) mass is 311 g/mol. The lowest BCUT2D eigenvalue weighted by Gasteiger charge is -2.33. The van der Waals surface area contributed by atoms with E-state index < -0.39 is 0 Å². The van der Waals surface area contributed by atoms with E-state index in [2.05, 4.69) is 15.8 Å². The second-order valence-corrected chi connectivity index (χ2v) is 5.50. The summed E-state index contributed by atoms with van der Waals surface area (Å²) in [6.07, 6.45) is 0. The summed E-state index contributed by atoms with van der Waals surface area (Å²) >= 11 is 6.20. The number of para-hydroxylation sites is 1. The van der Waals surface area contributed by atoms with Gasteiger partial charge in [0.05, 0.1) is 36.9 Å². The Hall–Kier alpha value is -1.79. The first-order valence-electron chi connectivity index (χ1n) is 6.94. The molecule has 1 aliphatic heterocycles. The van der Waals surface area contributed by atoms with Crippen molar-refractivity contribution in [1.29, 1.82) is 0 Å². The van der Waals surface area contributed by atoms with Crippen molar-refractivity contribution in [2.45, 2.75) is 6.92 Å². The summed E-state index contributed by atoms with van der Waals surface area (Å²) < 4.78 is 0. The van der Waals surface area contributed by atoms with Gasteiger partial charge in [-0.3, -0.25) is 20.4 Å². The Balaban J connectivity index is 1.79. The van der Waals surface area contributed by atoms with Crippen LogP contribution >= 0.6 is 11.6 Å². The third-order valence-electron chi connectivity index (χ3n) is 3.45. The van der Waals surface area contributed by atoms with Gasteiger partial charge in [-0.1, -0.05) is 23.7 Å². The van der Waals surface area contributed by atoms with E-state index in [4.69, 9.17) is 11.6 Å². The largest absolute Gasteiger partial charge is 0.359 e. The van der Waals surface area contributed by atoms with Gasteiger partial charge in [0.25, 0.3) is 5.91 Å². The highest BCUT2D eigenvalue weighted by Crippen LogP contribution is 2.24. The van der Waals surface area contributed by atoms with E-state index in [1.807, 2.05) is 24.3 Å². The number of hydrogen-bond donors (Lipinski definition) is 3. The number of quaternary nitrogens is 1. The van der Waals surface area contributed by atoms with Crippen LogP contribution in [0, 0.1) is 0 Å². The minimum absolute atomic E-state index is 0.175. The van der Waals surface area contributed by atoms with Crippen LogP contribution < -0.4 is 20.7 Å². The summed E-state index contributed by atoms with van der Waals surface area (Å²) in [7, 11) is 0. The Labute approximate surface area is 129 Å². The molecule has 0 saturated carbocycles. The molecule has 0 atom stereocenters. The first-order chi connectivity index (χ1) is 10.1. The zero-order valence-electron chi connectivity index (χ0n) is 12.0. The second kappa shape index (κ2) is 7.28. The Morgan fingerprint density at radius 3 is 2.52 bits per heavy atom. The molecule has 0 bridgehead atoms. The number of hydrazine groups is 1. The van der Waals surface area contributed by atoms with Crippen molar-refractivity contribution in [3.05, 3.63) is 29.3 Å². The number of carbonyl (C=O) groups is 2. The van der Waals surface area contributed by atoms with Crippen LogP contribution in [0.3, 0.4) is 0 Å². The molecule has 114 valence electrons. The molecule has 1 heterocycles. The summed E-state index contributed by atoms with van der Waals surface area (Å²) in [5.74, 6) is -0.451. The average Bonchev–Trinajstić information content (AvgIpc) is 2.47. The van der Waals surface area contributed by atoms with Crippen LogP contribution in [0.1, 0.15) is 6.92 Å². The predicted octanol–water partition coefficient (Wildman–Crippen LogP) is -0.788. The molecule has 3 N–H and O–H groups in total. The molecule has 21 heavy (non-hydrogen) atoms. The number of benzene rings is 1. The van der Waals surface area contributed by atoms with Crippen molar-refractivity contribution in [2.24, 2.45) is 0 Å². The maximum absolute atomic E-state index is 11.6. The van der Waals surface area contributed by atoms with Gasteiger partial charge in [-0.2, -0.15) is 0 Å². The number of hydrogen-bond acceptors (Lipinski definition) is 3. The summed E-state index contributed by atoms with van der Waals surface area (Å²) in [4.78, 5) is 25.8. The van der Waals surface area contributed by atoms with Gasteiger partial charge in [0, 0.05) is 6.92 Å². The van der Waals surface area contributed by atoms with E-state index in [1.54, 1.807) is 0 Å². The molecule has 2 rings (SSSR count). The number of anilines is 1. The zero-order valence-corrected chi connectivity index (χ0v) is 12.7. The van der Waals surface area contributed by atoms with Gasteiger partial charge in [0.15, 0.2) is 6.54 Å². The Morgan fingerprint density at radius 1 is 1.24 bits per heavy atom. The number of nitrogens with zero attached hydrogens (tertiary/aromatic N) is 1. The minimum Gasteiger partial charge on any atom is -0.359 e. The lowest BCUT2D eigenvalue weighted by Crippen LogP contribution is -3.16. The van der Waals surface area contributed by atoms with E-state index in [9.17, 15) is 9.59 Å². The van der Waals surface area contributed by atoms with E-state index in [0.717, 1.165) is 36.9 Å². The molecule has 7 heteroatoms. The fraction of sp³-hybridized carbons (Fsp3) is 0.429. The molecule has 6 nitrogen and oxygen atoms in total. The highest BCUT2D eigenvalue weighted by atomic mass is 35.5. The van der Waals surface area contributed by atoms with Gasteiger partial charge in [0.2, 0.25) is 5.91 Å². The summed E-state index contributed by atoms with van der Waals surface area (Å²) in [6, 6.07) is 7.79. The maximum Gasteiger partial charge on any atom is 0.293 e. The topological polar surface area (TPSA) is 65.9 Å². The Morgan fingerprint density at radius 2 is 1.90 bits per heavy atom. The standard InChI is InChI=1S/C14H19ClN4O2/c1-11(20)16-17-14(21)10-18-6-8-19(9-7-18)13-5-3-2-4-12(13)15/h2-5H,6-10H2,1H3,(H,16,20)(H,17,21)/p+1. The molecular formula is C14H20ClN4O2+. The van der Waals surface area contributed by atoms with Gasteiger partial charge >= 0.3 is 0 Å². The van der Waals surface area contributed by atoms with Gasteiger partial charge < -0.3 is 9.80 Å². The van der Waals surface area contributed by atoms with Crippen molar-refractivity contribution in [1.82, 2.24) is 10.9 Å². The maximum atomic E-state index is 11.6. The minimum atomic E-state index is -0.276. The molecule has 1 aromatic rings. The zero-order chi connectivity index (χ0) is 15.2. The van der Waals surface area contributed by atoms with Gasteiger partial charge in [0.1, 0.15) is 0 Å². The van der Waals surface area contributed by atoms with Gasteiger partial charge in [-0.15, -0.1) is 0 Å². The SMILES string of the molecule is CC(=O)NNC(=O)C[NH+]1CCN(c2ccccc2Cl)CC1. The lowest BCUT2D eigenvalue weighted by molar-refractivity contribution is -0.892. The molecule has 0 unspecified atom stereocenters. The van der Waals surface area contributed by atoms with Crippen LogP contribution in [0.25, 0.3) is 0 Å². The predicted molar refractivity (Wildman–Crippen MR) is 81.2 cm³/mol. The molecule has 1 saturated heterocycles. The third-order valence-corrected chi connectivity index (χ3v) is 3.77. The quantitative estimate of drug-likeness (QED) is 0.641. The van der Waals surface area contributed by atoms with Crippen LogP contribution in [-0.4, -0.2) is 44.5 Å². The molecule has 0 spiro atoms. The average molecular weight is 312 g/mol. The Bertz CT molecular complexity index is 515. The lowest BCUT2D eigenvalue weighted by atomic mass is 10.2. The first-order valence-corrected chi connectivity index (χ1v) is 7.32. The van der Waals surface area contributed by atoms with Crippen molar-refractivity contribution in [2.75, 3.05) is 37.6 Å². The smallest absolute Gasteiger partial charge is 0.293 e. The molecule has 2 amide bonds.